The van der Waals surface area contributed by atoms with Gasteiger partial charge in [0.2, 0.25) is 0 Å². The minimum atomic E-state index is 0.0315. The van der Waals surface area contributed by atoms with Crippen molar-refractivity contribution >= 4 is 5.69 Å². The molecule has 17 heavy (non-hydrogen) atoms. The molecule has 1 aromatic rings. The predicted molar refractivity (Wildman–Crippen MR) is 69.2 cm³/mol. The summed E-state index contributed by atoms with van der Waals surface area (Å²) < 4.78 is 0. The Morgan fingerprint density at radius 2 is 1.94 bits per heavy atom. The van der Waals surface area contributed by atoms with Gasteiger partial charge in [-0.3, -0.25) is 0 Å². The highest BCUT2D eigenvalue weighted by molar-refractivity contribution is 5.47. The molecule has 2 rings (SSSR count). The molecular weight excluding hydrogens is 214 g/mol. The number of aliphatic hydroxyl groups is 1. The van der Waals surface area contributed by atoms with Crippen LogP contribution in [0.15, 0.2) is 24.3 Å². The van der Waals surface area contributed by atoms with E-state index in [1.807, 2.05) is 12.1 Å². The fourth-order valence-corrected chi connectivity index (χ4v) is 2.60. The van der Waals surface area contributed by atoms with Crippen LogP contribution in [0.1, 0.15) is 32.1 Å². The van der Waals surface area contributed by atoms with Crippen molar-refractivity contribution < 1.29 is 10.2 Å². The molecule has 1 saturated carbocycles. The van der Waals surface area contributed by atoms with Gasteiger partial charge in [-0.25, -0.2) is 0 Å². The van der Waals surface area contributed by atoms with Crippen molar-refractivity contribution in [1.82, 2.24) is 0 Å². The molecule has 94 valence electrons. The van der Waals surface area contributed by atoms with E-state index < -0.39 is 0 Å². The first-order chi connectivity index (χ1) is 8.24. The zero-order chi connectivity index (χ0) is 12.1. The van der Waals surface area contributed by atoms with E-state index in [1.165, 1.54) is 19.3 Å². The highest BCUT2D eigenvalue weighted by Gasteiger charge is 2.30. The largest absolute Gasteiger partial charge is 0.508 e. The molecule has 1 fully saturated rings. The Hall–Kier alpha value is -1.22. The van der Waals surface area contributed by atoms with Crippen LogP contribution in [0, 0.1) is 5.41 Å². The number of phenolic OH excluding ortho intramolecular Hbond substituents is 1. The summed E-state index contributed by atoms with van der Waals surface area (Å²) in [6, 6.07) is 7.14. The molecule has 0 unspecified atom stereocenters. The van der Waals surface area contributed by atoms with Crippen molar-refractivity contribution in [2.24, 2.45) is 5.41 Å². The van der Waals surface area contributed by atoms with E-state index in [2.05, 4.69) is 5.32 Å². The van der Waals surface area contributed by atoms with Gasteiger partial charge in [0.15, 0.2) is 0 Å². The Kier molecular flexibility index (Phi) is 3.89. The minimum absolute atomic E-state index is 0.0315. The summed E-state index contributed by atoms with van der Waals surface area (Å²) in [6.07, 6.45) is 5.89. The lowest BCUT2D eigenvalue weighted by Gasteiger charge is -2.36. The van der Waals surface area contributed by atoms with Gasteiger partial charge in [-0.15, -0.1) is 0 Å². The number of aliphatic hydroxyl groups excluding tert-OH is 1. The first-order valence-electron chi connectivity index (χ1n) is 6.38. The molecule has 1 aliphatic rings. The fraction of sp³-hybridized carbons (Fsp3) is 0.571. The smallest absolute Gasteiger partial charge is 0.117 e. The summed E-state index contributed by atoms with van der Waals surface area (Å²) in [5.74, 6) is 0.275. The van der Waals surface area contributed by atoms with Crippen molar-refractivity contribution in [2.75, 3.05) is 18.5 Å². The summed E-state index contributed by atoms with van der Waals surface area (Å²) in [7, 11) is 0. The molecule has 3 nitrogen and oxygen atoms in total. The van der Waals surface area contributed by atoms with Crippen LogP contribution >= 0.6 is 0 Å². The summed E-state index contributed by atoms with van der Waals surface area (Å²) in [5.41, 5.74) is 0.951. The number of hydrogen-bond donors (Lipinski definition) is 3. The summed E-state index contributed by atoms with van der Waals surface area (Å²) in [5, 5.41) is 22.3. The molecule has 0 spiro atoms. The maximum atomic E-state index is 9.58. The molecule has 0 saturated heterocycles. The molecule has 0 atom stereocenters. The van der Waals surface area contributed by atoms with Crippen molar-refractivity contribution in [3.8, 4) is 5.75 Å². The molecule has 3 N–H and O–H groups in total. The van der Waals surface area contributed by atoms with Gasteiger partial charge in [0.1, 0.15) is 5.75 Å². The lowest BCUT2D eigenvalue weighted by molar-refractivity contribution is 0.0944. The maximum Gasteiger partial charge on any atom is 0.117 e. The van der Waals surface area contributed by atoms with E-state index in [9.17, 15) is 10.2 Å². The summed E-state index contributed by atoms with van der Waals surface area (Å²) >= 11 is 0. The highest BCUT2D eigenvalue weighted by atomic mass is 16.3. The van der Waals surface area contributed by atoms with Gasteiger partial charge in [-0.05, 0) is 25.0 Å². The molecule has 3 heteroatoms. The molecule has 1 aliphatic carbocycles. The Balaban J connectivity index is 1.95. The molecule has 1 aromatic carbocycles. The molecule has 0 heterocycles. The zero-order valence-electron chi connectivity index (χ0n) is 10.2. The van der Waals surface area contributed by atoms with Crippen molar-refractivity contribution in [3.63, 3.8) is 0 Å². The number of nitrogens with one attached hydrogen (secondary N) is 1. The van der Waals surface area contributed by atoms with Crippen LogP contribution in [0.5, 0.6) is 5.75 Å². The van der Waals surface area contributed by atoms with Gasteiger partial charge in [-0.2, -0.15) is 0 Å². The Bertz CT molecular complexity index is 359. The number of benzene rings is 1. The van der Waals surface area contributed by atoms with Gasteiger partial charge >= 0.3 is 0 Å². The standard InChI is InChI=1S/C14H21NO2/c16-11-14(7-2-1-3-8-14)10-15-12-5-4-6-13(17)9-12/h4-6,9,15-17H,1-3,7-8,10-11H2. The average Bonchev–Trinajstić information content (AvgIpc) is 2.38. The van der Waals surface area contributed by atoms with E-state index in [0.29, 0.717) is 0 Å². The third kappa shape index (κ3) is 3.13. The van der Waals surface area contributed by atoms with Crippen LogP contribution in [0.3, 0.4) is 0 Å². The first-order valence-corrected chi connectivity index (χ1v) is 6.38. The number of anilines is 1. The van der Waals surface area contributed by atoms with Crippen molar-refractivity contribution in [3.05, 3.63) is 24.3 Å². The highest BCUT2D eigenvalue weighted by Crippen LogP contribution is 2.36. The fourth-order valence-electron chi connectivity index (χ4n) is 2.60. The third-order valence-electron chi connectivity index (χ3n) is 3.76. The van der Waals surface area contributed by atoms with Crippen LogP contribution in [-0.4, -0.2) is 23.4 Å². The Morgan fingerprint density at radius 1 is 1.18 bits per heavy atom. The first kappa shape index (κ1) is 12.2. The second-order valence-electron chi connectivity index (χ2n) is 5.12. The third-order valence-corrected chi connectivity index (χ3v) is 3.76. The average molecular weight is 235 g/mol. The zero-order valence-corrected chi connectivity index (χ0v) is 10.2. The predicted octanol–water partition coefficient (Wildman–Crippen LogP) is 2.75. The second kappa shape index (κ2) is 5.41. The Labute approximate surface area is 102 Å². The van der Waals surface area contributed by atoms with E-state index in [1.54, 1.807) is 12.1 Å². The Morgan fingerprint density at radius 3 is 2.59 bits per heavy atom. The van der Waals surface area contributed by atoms with Crippen LogP contribution < -0.4 is 5.32 Å². The lowest BCUT2D eigenvalue weighted by Crippen LogP contribution is -2.35. The molecule has 0 aromatic heterocycles. The normalized spacial score (nSPS) is 18.9. The van der Waals surface area contributed by atoms with Gasteiger partial charge in [0.25, 0.3) is 0 Å². The van der Waals surface area contributed by atoms with Crippen LogP contribution in [0.2, 0.25) is 0 Å². The number of phenols is 1. The summed E-state index contributed by atoms with van der Waals surface area (Å²) in [6.45, 7) is 1.03. The number of rotatable bonds is 4. The van der Waals surface area contributed by atoms with Gasteiger partial charge < -0.3 is 15.5 Å². The van der Waals surface area contributed by atoms with Gasteiger partial charge in [0.05, 0.1) is 6.61 Å². The molecule has 0 radical (unpaired) electrons. The van der Waals surface area contributed by atoms with E-state index >= 15 is 0 Å². The van der Waals surface area contributed by atoms with Crippen LogP contribution in [0.4, 0.5) is 5.69 Å². The number of hydrogen-bond acceptors (Lipinski definition) is 3. The van der Waals surface area contributed by atoms with E-state index in [-0.39, 0.29) is 17.8 Å². The van der Waals surface area contributed by atoms with Crippen LogP contribution in [-0.2, 0) is 0 Å². The molecular formula is C14H21NO2. The van der Waals surface area contributed by atoms with E-state index in [4.69, 9.17) is 0 Å². The molecule has 0 amide bonds. The number of aromatic hydroxyl groups is 1. The molecule has 0 bridgehead atoms. The monoisotopic (exact) mass is 235 g/mol. The van der Waals surface area contributed by atoms with Gasteiger partial charge in [-0.1, -0.05) is 25.3 Å². The minimum Gasteiger partial charge on any atom is -0.508 e. The lowest BCUT2D eigenvalue weighted by atomic mass is 9.74. The SMILES string of the molecule is OCC1(CNc2cccc(O)c2)CCCCC1. The van der Waals surface area contributed by atoms with Crippen molar-refractivity contribution in [2.45, 2.75) is 32.1 Å². The second-order valence-corrected chi connectivity index (χ2v) is 5.12. The van der Waals surface area contributed by atoms with Crippen LogP contribution in [0.25, 0.3) is 0 Å². The molecule has 0 aliphatic heterocycles. The maximum absolute atomic E-state index is 9.58. The topological polar surface area (TPSA) is 52.5 Å². The summed E-state index contributed by atoms with van der Waals surface area (Å²) in [4.78, 5) is 0. The van der Waals surface area contributed by atoms with Crippen molar-refractivity contribution in [1.29, 1.82) is 0 Å². The van der Waals surface area contributed by atoms with E-state index in [0.717, 1.165) is 25.1 Å². The quantitative estimate of drug-likeness (QED) is 0.752. The van der Waals surface area contributed by atoms with Gasteiger partial charge in [0, 0.05) is 23.7 Å².